The SMILES string of the molecule is COC1COCCC1N[C@@H]1CC[C@](CC(O)O)(C(=O)N2CCc3ncc(C(F)(F)F)cc3C2)C1. The number of nitrogens with zero attached hydrogens (tertiary/aromatic N) is 2. The number of rotatable bonds is 6. The molecule has 4 rings (SSSR count). The molecule has 8 nitrogen and oxygen atoms in total. The van der Waals surface area contributed by atoms with E-state index in [9.17, 15) is 28.2 Å². The third-order valence-corrected chi connectivity index (χ3v) is 7.35. The van der Waals surface area contributed by atoms with Gasteiger partial charge < -0.3 is 29.9 Å². The van der Waals surface area contributed by atoms with Crippen LogP contribution in [0.2, 0.25) is 0 Å². The summed E-state index contributed by atoms with van der Waals surface area (Å²) in [5.41, 5.74) is -0.891. The number of aliphatic hydroxyl groups is 2. The first-order valence-electron chi connectivity index (χ1n) is 11.7. The second-order valence-corrected chi connectivity index (χ2v) is 9.62. The number of halogens is 3. The molecule has 1 saturated heterocycles. The Hall–Kier alpha value is -1.79. The minimum Gasteiger partial charge on any atom is -0.379 e. The van der Waals surface area contributed by atoms with Gasteiger partial charge in [0.15, 0.2) is 6.29 Å². The predicted octanol–water partition coefficient (Wildman–Crippen LogP) is 1.62. The average Bonchev–Trinajstić information content (AvgIpc) is 3.20. The molecule has 0 radical (unpaired) electrons. The van der Waals surface area contributed by atoms with E-state index in [1.165, 1.54) is 0 Å². The standard InChI is InChI=1S/C23H32F3N3O5/c1-33-19-13-34-7-4-18(19)28-16-2-5-22(9-16,10-20(30)31)21(32)29-6-3-17-14(12-29)8-15(11-27-17)23(24,25)26/h8,11,16,18-20,28,30-31H,2-7,9-10,12-13H2,1H3/t16-,18?,19?,22+/m1/s1. The highest BCUT2D eigenvalue weighted by Crippen LogP contribution is 2.45. The van der Waals surface area contributed by atoms with Gasteiger partial charge in [-0.3, -0.25) is 9.78 Å². The highest BCUT2D eigenvalue weighted by Gasteiger charge is 2.49. The molecule has 3 heterocycles. The monoisotopic (exact) mass is 487 g/mol. The van der Waals surface area contributed by atoms with Crippen molar-refractivity contribution in [3.63, 3.8) is 0 Å². The van der Waals surface area contributed by atoms with Crippen molar-refractivity contribution in [3.05, 3.63) is 29.1 Å². The fourth-order valence-corrected chi connectivity index (χ4v) is 5.61. The van der Waals surface area contributed by atoms with Crippen LogP contribution in [0.5, 0.6) is 0 Å². The van der Waals surface area contributed by atoms with Crippen LogP contribution in [0, 0.1) is 5.41 Å². The molecule has 1 saturated carbocycles. The number of pyridine rings is 1. The van der Waals surface area contributed by atoms with Crippen LogP contribution in [-0.2, 0) is 33.4 Å². The first-order chi connectivity index (χ1) is 16.1. The normalized spacial score (nSPS) is 30.0. The third-order valence-electron chi connectivity index (χ3n) is 7.35. The Morgan fingerprint density at radius 2 is 2.21 bits per heavy atom. The van der Waals surface area contributed by atoms with E-state index in [1.807, 2.05) is 0 Å². The van der Waals surface area contributed by atoms with E-state index in [2.05, 4.69) is 10.3 Å². The fraction of sp³-hybridized carbons (Fsp3) is 0.739. The third kappa shape index (κ3) is 5.38. The van der Waals surface area contributed by atoms with Gasteiger partial charge in [-0.15, -0.1) is 0 Å². The molecule has 34 heavy (non-hydrogen) atoms. The number of carbonyl (C=O) groups excluding carboxylic acids is 1. The zero-order chi connectivity index (χ0) is 24.5. The van der Waals surface area contributed by atoms with Crippen molar-refractivity contribution >= 4 is 5.91 Å². The minimum absolute atomic E-state index is 0.0148. The Kier molecular flexibility index (Phi) is 7.49. The Labute approximate surface area is 196 Å². The number of methoxy groups -OCH3 is 1. The lowest BCUT2D eigenvalue weighted by Crippen LogP contribution is -2.51. The Balaban J connectivity index is 1.49. The number of ether oxygens (including phenoxy) is 2. The topological polar surface area (TPSA) is 104 Å². The number of aromatic nitrogens is 1. The van der Waals surface area contributed by atoms with E-state index in [0.717, 1.165) is 18.7 Å². The molecule has 2 aliphatic heterocycles. The number of aliphatic hydroxyl groups excluding tert-OH is 1. The van der Waals surface area contributed by atoms with Gasteiger partial charge in [-0.2, -0.15) is 13.2 Å². The van der Waals surface area contributed by atoms with E-state index >= 15 is 0 Å². The van der Waals surface area contributed by atoms with Crippen molar-refractivity contribution in [2.45, 2.75) is 75.7 Å². The molecule has 0 aromatic carbocycles. The summed E-state index contributed by atoms with van der Waals surface area (Å²) in [5.74, 6) is -0.247. The Morgan fingerprint density at radius 3 is 2.91 bits per heavy atom. The molecular formula is C23H32F3N3O5. The maximum absolute atomic E-state index is 13.7. The number of nitrogens with one attached hydrogen (secondary N) is 1. The maximum atomic E-state index is 13.7. The molecule has 0 spiro atoms. The van der Waals surface area contributed by atoms with E-state index in [-0.39, 0.29) is 37.1 Å². The predicted molar refractivity (Wildman–Crippen MR) is 114 cm³/mol. The summed E-state index contributed by atoms with van der Waals surface area (Å²) in [4.78, 5) is 19.2. The van der Waals surface area contributed by atoms with E-state index in [4.69, 9.17) is 9.47 Å². The largest absolute Gasteiger partial charge is 0.417 e. The Bertz CT molecular complexity index is 884. The lowest BCUT2D eigenvalue weighted by molar-refractivity contribution is -0.150. The van der Waals surface area contributed by atoms with Crippen molar-refractivity contribution in [2.24, 2.45) is 5.41 Å². The summed E-state index contributed by atoms with van der Waals surface area (Å²) < 4.78 is 50.4. The molecule has 1 aliphatic carbocycles. The maximum Gasteiger partial charge on any atom is 0.417 e. The first kappa shape index (κ1) is 25.3. The molecule has 2 unspecified atom stereocenters. The van der Waals surface area contributed by atoms with Crippen LogP contribution in [-0.4, -0.2) is 77.4 Å². The number of amides is 1. The van der Waals surface area contributed by atoms with Crippen molar-refractivity contribution in [2.75, 3.05) is 26.9 Å². The van der Waals surface area contributed by atoms with Crippen LogP contribution in [0.3, 0.4) is 0 Å². The van der Waals surface area contributed by atoms with Gasteiger partial charge in [0.25, 0.3) is 0 Å². The summed E-state index contributed by atoms with van der Waals surface area (Å²) in [5, 5.41) is 23.1. The smallest absolute Gasteiger partial charge is 0.379 e. The first-order valence-corrected chi connectivity index (χ1v) is 11.7. The molecule has 1 amide bonds. The van der Waals surface area contributed by atoms with Gasteiger partial charge in [0.1, 0.15) is 0 Å². The van der Waals surface area contributed by atoms with Crippen LogP contribution < -0.4 is 5.32 Å². The fourth-order valence-electron chi connectivity index (χ4n) is 5.61. The summed E-state index contributed by atoms with van der Waals surface area (Å²) in [6.07, 6.45) is -2.86. The van der Waals surface area contributed by atoms with Gasteiger partial charge in [-0.1, -0.05) is 0 Å². The molecule has 1 aromatic heterocycles. The number of hydrogen-bond acceptors (Lipinski definition) is 7. The summed E-state index contributed by atoms with van der Waals surface area (Å²) >= 11 is 0. The molecule has 3 aliphatic rings. The molecule has 11 heteroatoms. The molecule has 4 atom stereocenters. The second kappa shape index (κ2) is 10.1. The summed E-state index contributed by atoms with van der Waals surface area (Å²) in [7, 11) is 1.63. The van der Waals surface area contributed by atoms with E-state index < -0.39 is 23.4 Å². The molecule has 0 bridgehead atoms. The van der Waals surface area contributed by atoms with Gasteiger partial charge in [-0.25, -0.2) is 0 Å². The van der Waals surface area contributed by atoms with Crippen molar-refractivity contribution in [3.8, 4) is 0 Å². The molecule has 190 valence electrons. The molecule has 3 N–H and O–H groups in total. The molecular weight excluding hydrogens is 455 g/mol. The Morgan fingerprint density at radius 1 is 1.41 bits per heavy atom. The summed E-state index contributed by atoms with van der Waals surface area (Å²) in [6, 6.07) is 1.12. The molecule has 2 fully saturated rings. The number of alkyl halides is 3. The lowest BCUT2D eigenvalue weighted by atomic mass is 9.80. The van der Waals surface area contributed by atoms with Crippen LogP contribution >= 0.6 is 0 Å². The molecule has 1 aromatic rings. The number of hydrogen-bond donors (Lipinski definition) is 3. The van der Waals surface area contributed by atoms with E-state index in [1.54, 1.807) is 12.0 Å². The van der Waals surface area contributed by atoms with Gasteiger partial charge in [0, 0.05) is 63.6 Å². The number of carbonyl (C=O) groups is 1. The number of fused-ring (bicyclic) bond motifs is 1. The van der Waals surface area contributed by atoms with Gasteiger partial charge in [-0.05, 0) is 37.3 Å². The highest BCUT2D eigenvalue weighted by molar-refractivity contribution is 5.83. The van der Waals surface area contributed by atoms with Crippen LogP contribution in [0.15, 0.2) is 12.3 Å². The van der Waals surface area contributed by atoms with Crippen LogP contribution in [0.1, 0.15) is 48.9 Å². The zero-order valence-electron chi connectivity index (χ0n) is 19.2. The van der Waals surface area contributed by atoms with Gasteiger partial charge in [0.05, 0.1) is 23.7 Å². The van der Waals surface area contributed by atoms with Gasteiger partial charge in [0.2, 0.25) is 5.91 Å². The zero-order valence-corrected chi connectivity index (χ0v) is 19.2. The van der Waals surface area contributed by atoms with Crippen molar-refractivity contribution in [1.29, 1.82) is 0 Å². The van der Waals surface area contributed by atoms with Crippen LogP contribution in [0.25, 0.3) is 0 Å². The average molecular weight is 488 g/mol. The van der Waals surface area contributed by atoms with Crippen molar-refractivity contribution < 1.29 is 37.7 Å². The van der Waals surface area contributed by atoms with E-state index in [0.29, 0.717) is 56.7 Å². The van der Waals surface area contributed by atoms with Crippen molar-refractivity contribution in [1.82, 2.24) is 15.2 Å². The second-order valence-electron chi connectivity index (χ2n) is 9.62. The lowest BCUT2D eigenvalue weighted by Gasteiger charge is -2.38. The summed E-state index contributed by atoms with van der Waals surface area (Å²) in [6.45, 7) is 1.46. The van der Waals surface area contributed by atoms with Gasteiger partial charge >= 0.3 is 6.18 Å². The highest BCUT2D eigenvalue weighted by atomic mass is 19.4. The minimum atomic E-state index is -4.51. The quantitative estimate of drug-likeness (QED) is 0.524. The van der Waals surface area contributed by atoms with Crippen LogP contribution in [0.4, 0.5) is 13.2 Å².